The fourth-order valence-electron chi connectivity index (χ4n) is 2.01. The molecule has 0 spiro atoms. The van der Waals surface area contributed by atoms with Crippen LogP contribution < -0.4 is 5.32 Å². The lowest BCUT2D eigenvalue weighted by atomic mass is 10.1. The van der Waals surface area contributed by atoms with Crippen LogP contribution in [-0.4, -0.2) is 11.7 Å². The maximum atomic E-state index is 13.1. The molecule has 0 radical (unpaired) electrons. The van der Waals surface area contributed by atoms with Gasteiger partial charge in [0.05, 0.1) is 6.10 Å². The van der Waals surface area contributed by atoms with Crippen molar-refractivity contribution in [2.24, 2.45) is 0 Å². The van der Waals surface area contributed by atoms with Crippen molar-refractivity contribution in [2.45, 2.75) is 19.1 Å². The van der Waals surface area contributed by atoms with Crippen molar-refractivity contribution in [3.05, 3.63) is 69.9 Å². The fraction of sp³-hybridized carbons (Fsp3) is 0.250. The molecule has 0 saturated carbocycles. The Morgan fingerprint density at radius 3 is 2.55 bits per heavy atom. The Balaban J connectivity index is 1.94. The zero-order chi connectivity index (χ0) is 14.5. The van der Waals surface area contributed by atoms with Crippen molar-refractivity contribution in [3.8, 4) is 0 Å². The van der Waals surface area contributed by atoms with Gasteiger partial charge in [-0.3, -0.25) is 0 Å². The molecule has 2 nitrogen and oxygen atoms in total. The predicted octanol–water partition coefficient (Wildman–Crippen LogP) is 3.97. The highest BCUT2D eigenvalue weighted by molar-refractivity contribution is 9.10. The Hall–Kier alpha value is -1.23. The van der Waals surface area contributed by atoms with Crippen molar-refractivity contribution in [2.75, 3.05) is 6.54 Å². The molecule has 2 N–H and O–H groups in total. The number of rotatable bonds is 5. The minimum absolute atomic E-state index is 0.107. The van der Waals surface area contributed by atoms with Gasteiger partial charge in [0, 0.05) is 17.1 Å². The average Bonchev–Trinajstić information content (AvgIpc) is 2.44. The minimum atomic E-state index is -0.722. The van der Waals surface area contributed by atoms with Gasteiger partial charge in [-0.15, -0.1) is 0 Å². The molecule has 1 unspecified atom stereocenters. The number of aliphatic hydroxyl groups is 1. The summed E-state index contributed by atoms with van der Waals surface area (Å²) in [7, 11) is 0. The molecule has 20 heavy (non-hydrogen) atoms. The van der Waals surface area contributed by atoms with Crippen molar-refractivity contribution in [3.63, 3.8) is 0 Å². The van der Waals surface area contributed by atoms with Gasteiger partial charge in [0.25, 0.3) is 0 Å². The van der Waals surface area contributed by atoms with Gasteiger partial charge in [-0.2, -0.15) is 0 Å². The Bertz CT molecular complexity index is 524. The molecule has 0 aromatic heterocycles. The van der Waals surface area contributed by atoms with Gasteiger partial charge in [0.15, 0.2) is 0 Å². The molecule has 2 rings (SSSR count). The van der Waals surface area contributed by atoms with Gasteiger partial charge >= 0.3 is 0 Å². The van der Waals surface area contributed by atoms with Crippen LogP contribution in [0.5, 0.6) is 0 Å². The molecule has 0 aliphatic heterocycles. The monoisotopic (exact) mass is 337 g/mol. The molecule has 2 aromatic carbocycles. The molecule has 106 valence electrons. The van der Waals surface area contributed by atoms with Crippen LogP contribution >= 0.6 is 15.9 Å². The molecule has 2 aromatic rings. The Kier molecular flexibility index (Phi) is 5.29. The number of hydrogen-bond donors (Lipinski definition) is 2. The first kappa shape index (κ1) is 15.2. The normalized spacial score (nSPS) is 14.0. The van der Waals surface area contributed by atoms with Gasteiger partial charge in [-0.05, 0) is 42.3 Å². The van der Waals surface area contributed by atoms with E-state index < -0.39 is 6.10 Å². The topological polar surface area (TPSA) is 32.3 Å². The first-order chi connectivity index (χ1) is 9.56. The second kappa shape index (κ2) is 6.97. The van der Waals surface area contributed by atoms with E-state index in [-0.39, 0.29) is 11.9 Å². The second-order valence-electron chi connectivity index (χ2n) is 4.76. The summed E-state index contributed by atoms with van der Waals surface area (Å²) in [6.45, 7) is 2.40. The van der Waals surface area contributed by atoms with Crippen molar-refractivity contribution >= 4 is 15.9 Å². The van der Waals surface area contributed by atoms with E-state index in [1.54, 1.807) is 12.1 Å². The van der Waals surface area contributed by atoms with Crippen LogP contribution in [-0.2, 0) is 0 Å². The van der Waals surface area contributed by atoms with E-state index in [1.165, 1.54) is 12.1 Å². The van der Waals surface area contributed by atoms with Gasteiger partial charge in [-0.25, -0.2) is 4.39 Å². The summed E-state index contributed by atoms with van der Waals surface area (Å²) in [5, 5.41) is 13.3. The highest BCUT2D eigenvalue weighted by atomic mass is 79.9. The Morgan fingerprint density at radius 2 is 1.85 bits per heavy atom. The number of hydrogen-bond acceptors (Lipinski definition) is 2. The van der Waals surface area contributed by atoms with E-state index in [0.29, 0.717) is 12.1 Å². The van der Waals surface area contributed by atoms with Crippen molar-refractivity contribution in [1.82, 2.24) is 5.32 Å². The molecule has 0 saturated heterocycles. The standard InChI is InChI=1S/C16H17BrFNO/c1-11(12-4-2-6-14(17)8-12)19-10-16(20)13-5-3-7-15(18)9-13/h2-9,11,16,19-20H,10H2,1H3/t11-,16?/m0/s1. The maximum absolute atomic E-state index is 13.1. The number of benzene rings is 2. The van der Waals surface area contributed by atoms with E-state index >= 15 is 0 Å². The first-order valence-electron chi connectivity index (χ1n) is 6.48. The highest BCUT2D eigenvalue weighted by Gasteiger charge is 2.11. The van der Waals surface area contributed by atoms with Crippen LogP contribution in [0.2, 0.25) is 0 Å². The Morgan fingerprint density at radius 1 is 1.15 bits per heavy atom. The highest BCUT2D eigenvalue weighted by Crippen LogP contribution is 2.19. The summed E-state index contributed by atoms with van der Waals surface area (Å²) in [4.78, 5) is 0. The lowest BCUT2D eigenvalue weighted by Gasteiger charge is -2.18. The van der Waals surface area contributed by atoms with E-state index in [4.69, 9.17) is 0 Å². The molecule has 0 aliphatic carbocycles. The molecule has 0 bridgehead atoms. The SMILES string of the molecule is C[C@H](NCC(O)c1cccc(F)c1)c1cccc(Br)c1. The zero-order valence-electron chi connectivity index (χ0n) is 11.2. The molecular formula is C16H17BrFNO. The summed E-state index contributed by atoms with van der Waals surface area (Å²) in [5.41, 5.74) is 1.71. The number of nitrogens with one attached hydrogen (secondary N) is 1. The maximum Gasteiger partial charge on any atom is 0.123 e. The van der Waals surface area contributed by atoms with Gasteiger partial charge < -0.3 is 10.4 Å². The average molecular weight is 338 g/mol. The lowest BCUT2D eigenvalue weighted by Crippen LogP contribution is -2.24. The second-order valence-corrected chi connectivity index (χ2v) is 5.67. The van der Waals surface area contributed by atoms with E-state index in [0.717, 1.165) is 10.0 Å². The van der Waals surface area contributed by atoms with Crippen molar-refractivity contribution < 1.29 is 9.50 Å². The smallest absolute Gasteiger partial charge is 0.123 e. The molecule has 0 fully saturated rings. The summed E-state index contributed by atoms with van der Waals surface area (Å²) in [6.07, 6.45) is -0.722. The Labute approximate surface area is 126 Å². The van der Waals surface area contributed by atoms with E-state index in [1.807, 2.05) is 31.2 Å². The van der Waals surface area contributed by atoms with Crippen LogP contribution in [0.3, 0.4) is 0 Å². The van der Waals surface area contributed by atoms with Gasteiger partial charge in [0.1, 0.15) is 5.82 Å². The van der Waals surface area contributed by atoms with Crippen LogP contribution in [0.15, 0.2) is 53.0 Å². The summed E-state index contributed by atoms with van der Waals surface area (Å²) in [6, 6.07) is 14.2. The van der Waals surface area contributed by atoms with Crippen LogP contribution in [0.1, 0.15) is 30.2 Å². The largest absolute Gasteiger partial charge is 0.387 e. The molecule has 2 atom stereocenters. The van der Waals surface area contributed by atoms with Crippen LogP contribution in [0.25, 0.3) is 0 Å². The quantitative estimate of drug-likeness (QED) is 0.865. The third kappa shape index (κ3) is 4.13. The third-order valence-corrected chi connectivity index (χ3v) is 3.69. The van der Waals surface area contributed by atoms with Crippen LogP contribution in [0, 0.1) is 5.82 Å². The lowest BCUT2D eigenvalue weighted by molar-refractivity contribution is 0.170. The summed E-state index contributed by atoms with van der Waals surface area (Å²) in [5.74, 6) is -0.332. The number of halogens is 2. The predicted molar refractivity (Wildman–Crippen MR) is 81.9 cm³/mol. The number of aliphatic hydroxyl groups excluding tert-OH is 1. The molecule has 0 heterocycles. The van der Waals surface area contributed by atoms with E-state index in [2.05, 4.69) is 21.2 Å². The van der Waals surface area contributed by atoms with Crippen LogP contribution in [0.4, 0.5) is 4.39 Å². The molecule has 4 heteroatoms. The third-order valence-electron chi connectivity index (χ3n) is 3.20. The minimum Gasteiger partial charge on any atom is -0.387 e. The van der Waals surface area contributed by atoms with Gasteiger partial charge in [0.2, 0.25) is 0 Å². The molecule has 0 amide bonds. The van der Waals surface area contributed by atoms with Crippen molar-refractivity contribution in [1.29, 1.82) is 0 Å². The summed E-state index contributed by atoms with van der Waals surface area (Å²) < 4.78 is 14.1. The molecule has 0 aliphatic rings. The van der Waals surface area contributed by atoms with E-state index in [9.17, 15) is 9.50 Å². The van der Waals surface area contributed by atoms with Gasteiger partial charge in [-0.1, -0.05) is 40.2 Å². The fourth-order valence-corrected chi connectivity index (χ4v) is 2.43. The summed E-state index contributed by atoms with van der Waals surface area (Å²) >= 11 is 3.44. The first-order valence-corrected chi connectivity index (χ1v) is 7.28. The molecular weight excluding hydrogens is 321 g/mol. The zero-order valence-corrected chi connectivity index (χ0v) is 12.8.